The molecule has 0 aromatic carbocycles. The van der Waals surface area contributed by atoms with E-state index in [1.165, 1.54) is 0 Å². The summed E-state index contributed by atoms with van der Waals surface area (Å²) in [7, 11) is 1.78. The van der Waals surface area contributed by atoms with Crippen LogP contribution in [0.1, 0.15) is 30.5 Å². The molecular weight excluding hydrogens is 241 g/mol. The van der Waals surface area contributed by atoms with E-state index in [-0.39, 0.29) is 6.04 Å². The van der Waals surface area contributed by atoms with Crippen molar-refractivity contribution in [2.45, 2.75) is 44.8 Å². The van der Waals surface area contributed by atoms with Gasteiger partial charge in [-0.25, -0.2) is 4.39 Å². The van der Waals surface area contributed by atoms with Gasteiger partial charge in [0, 0.05) is 25.1 Å². The summed E-state index contributed by atoms with van der Waals surface area (Å²) in [4.78, 5) is 0. The van der Waals surface area contributed by atoms with E-state index in [2.05, 4.69) is 10.4 Å². The van der Waals surface area contributed by atoms with Crippen molar-refractivity contribution in [1.29, 1.82) is 0 Å². The second kappa shape index (κ2) is 5.36. The molecule has 1 aromatic rings. The summed E-state index contributed by atoms with van der Waals surface area (Å²) < 4.78 is 15.8. The molecule has 0 aliphatic carbocycles. The van der Waals surface area contributed by atoms with Gasteiger partial charge in [-0.15, -0.1) is 0 Å². The Morgan fingerprint density at radius 2 is 2.35 bits per heavy atom. The summed E-state index contributed by atoms with van der Waals surface area (Å²) in [5, 5.41) is 8.00. The molecule has 1 aliphatic rings. The van der Waals surface area contributed by atoms with Gasteiger partial charge in [-0.1, -0.05) is 18.0 Å². The highest BCUT2D eigenvalue weighted by Gasteiger charge is 2.25. The van der Waals surface area contributed by atoms with Gasteiger partial charge in [0.05, 0.1) is 5.69 Å². The lowest BCUT2D eigenvalue weighted by molar-refractivity contribution is 0.217. The van der Waals surface area contributed by atoms with Crippen LogP contribution in [0.3, 0.4) is 0 Å². The Balaban J connectivity index is 2.04. The van der Waals surface area contributed by atoms with Gasteiger partial charge in [-0.3, -0.25) is 4.68 Å². The van der Waals surface area contributed by atoms with E-state index in [0.29, 0.717) is 11.6 Å². The molecular formula is C12H19ClFN3. The maximum atomic E-state index is 14.2. The van der Waals surface area contributed by atoms with Crippen LogP contribution in [0.25, 0.3) is 0 Å². The number of piperidine rings is 1. The molecule has 1 saturated heterocycles. The zero-order valence-corrected chi connectivity index (χ0v) is 11.1. The zero-order valence-electron chi connectivity index (χ0n) is 10.3. The molecule has 5 heteroatoms. The van der Waals surface area contributed by atoms with Crippen LogP contribution in [0.4, 0.5) is 4.39 Å². The van der Waals surface area contributed by atoms with E-state index >= 15 is 0 Å². The van der Waals surface area contributed by atoms with Crippen molar-refractivity contribution >= 4 is 11.6 Å². The lowest BCUT2D eigenvalue weighted by Gasteiger charge is -2.26. The molecule has 0 spiro atoms. The molecule has 0 amide bonds. The van der Waals surface area contributed by atoms with Crippen LogP contribution in [-0.2, 0) is 13.5 Å². The van der Waals surface area contributed by atoms with Crippen molar-refractivity contribution in [1.82, 2.24) is 15.1 Å². The minimum atomic E-state index is -0.879. The topological polar surface area (TPSA) is 29.9 Å². The lowest BCUT2D eigenvalue weighted by atomic mass is 9.96. The molecule has 2 rings (SSSR count). The Kier molecular flexibility index (Phi) is 4.05. The number of aryl methyl sites for hydroxylation is 2. The van der Waals surface area contributed by atoms with Gasteiger partial charge in [0.25, 0.3) is 0 Å². The van der Waals surface area contributed by atoms with Crippen molar-refractivity contribution in [3.8, 4) is 0 Å². The first-order valence-corrected chi connectivity index (χ1v) is 6.53. The van der Waals surface area contributed by atoms with Crippen LogP contribution in [0.5, 0.6) is 0 Å². The van der Waals surface area contributed by atoms with Gasteiger partial charge in [0.1, 0.15) is 11.3 Å². The average Bonchev–Trinajstić information content (AvgIpc) is 2.57. The average molecular weight is 260 g/mol. The van der Waals surface area contributed by atoms with Crippen molar-refractivity contribution in [2.75, 3.05) is 6.54 Å². The molecule has 3 nitrogen and oxygen atoms in total. The van der Waals surface area contributed by atoms with E-state index in [9.17, 15) is 4.39 Å². The summed E-state index contributed by atoms with van der Waals surface area (Å²) >= 11 is 6.11. The summed E-state index contributed by atoms with van der Waals surface area (Å²) in [6.45, 7) is 2.80. The highest BCUT2D eigenvalue weighted by Crippen LogP contribution is 2.24. The van der Waals surface area contributed by atoms with Crippen molar-refractivity contribution in [2.24, 2.45) is 7.05 Å². The fourth-order valence-electron chi connectivity index (χ4n) is 2.43. The van der Waals surface area contributed by atoms with Crippen LogP contribution in [-0.4, -0.2) is 28.5 Å². The number of alkyl halides is 1. The van der Waals surface area contributed by atoms with E-state index in [1.54, 1.807) is 11.7 Å². The van der Waals surface area contributed by atoms with E-state index in [0.717, 1.165) is 37.1 Å². The first-order chi connectivity index (χ1) is 8.09. The minimum Gasteiger partial charge on any atom is -0.311 e. The third kappa shape index (κ3) is 2.80. The fourth-order valence-corrected chi connectivity index (χ4v) is 2.68. The predicted molar refractivity (Wildman–Crippen MR) is 67.2 cm³/mol. The molecule has 2 unspecified atom stereocenters. The van der Waals surface area contributed by atoms with Crippen LogP contribution < -0.4 is 5.32 Å². The first-order valence-electron chi connectivity index (χ1n) is 6.15. The van der Waals surface area contributed by atoms with Gasteiger partial charge in [-0.2, -0.15) is 5.10 Å². The number of hydrogen-bond donors (Lipinski definition) is 1. The monoisotopic (exact) mass is 259 g/mol. The first kappa shape index (κ1) is 12.8. The number of halogens is 2. The third-order valence-corrected chi connectivity index (χ3v) is 3.93. The maximum absolute atomic E-state index is 14.2. The Hall–Kier alpha value is -0.610. The number of nitrogens with one attached hydrogen (secondary N) is 1. The lowest BCUT2D eigenvalue weighted by Crippen LogP contribution is -2.42. The van der Waals surface area contributed by atoms with Gasteiger partial charge in [0.15, 0.2) is 0 Å². The molecule has 0 bridgehead atoms. The predicted octanol–water partition coefficient (Wildman–Crippen LogP) is 2.40. The molecule has 96 valence electrons. The molecule has 0 radical (unpaired) electrons. The van der Waals surface area contributed by atoms with Gasteiger partial charge in [-0.05, 0) is 26.3 Å². The molecule has 17 heavy (non-hydrogen) atoms. The number of aromatic nitrogens is 2. The Morgan fingerprint density at radius 1 is 1.59 bits per heavy atom. The maximum Gasteiger partial charge on any atom is 0.130 e. The number of rotatable bonds is 3. The summed E-state index contributed by atoms with van der Waals surface area (Å²) in [6, 6.07) is -0.0283. The van der Waals surface area contributed by atoms with Crippen LogP contribution in [0, 0.1) is 6.92 Å². The number of nitrogens with zero attached hydrogens (tertiary/aromatic N) is 2. The van der Waals surface area contributed by atoms with Gasteiger partial charge >= 0.3 is 0 Å². The SMILES string of the molecule is Cc1nn(C)c(Cl)c1CC(F)C1CCCCN1. The Bertz CT molecular complexity index is 385. The van der Waals surface area contributed by atoms with E-state index in [1.807, 2.05) is 6.92 Å². The van der Waals surface area contributed by atoms with Crippen LogP contribution in [0.15, 0.2) is 0 Å². The molecule has 2 heterocycles. The molecule has 1 aromatic heterocycles. The number of hydrogen-bond acceptors (Lipinski definition) is 2. The van der Waals surface area contributed by atoms with Crippen molar-refractivity contribution < 1.29 is 4.39 Å². The third-order valence-electron chi connectivity index (χ3n) is 3.45. The normalized spacial score (nSPS) is 22.7. The summed E-state index contributed by atoms with van der Waals surface area (Å²) in [5.41, 5.74) is 1.67. The van der Waals surface area contributed by atoms with Gasteiger partial charge in [0.2, 0.25) is 0 Å². The quantitative estimate of drug-likeness (QED) is 0.904. The second-order valence-corrected chi connectivity index (χ2v) is 5.11. The standard InChI is InChI=1S/C12H19ClFN3/c1-8-9(12(13)17(2)16-8)7-10(14)11-5-3-4-6-15-11/h10-11,15H,3-7H2,1-2H3. The largest absolute Gasteiger partial charge is 0.311 e. The molecule has 2 atom stereocenters. The highest BCUT2D eigenvalue weighted by atomic mass is 35.5. The second-order valence-electron chi connectivity index (χ2n) is 4.75. The van der Waals surface area contributed by atoms with E-state index < -0.39 is 6.17 Å². The fraction of sp³-hybridized carbons (Fsp3) is 0.750. The van der Waals surface area contributed by atoms with E-state index in [4.69, 9.17) is 11.6 Å². The van der Waals surface area contributed by atoms with Crippen LogP contribution in [0.2, 0.25) is 5.15 Å². The Labute approximate surface area is 106 Å². The molecule has 1 aliphatic heterocycles. The summed E-state index contributed by atoms with van der Waals surface area (Å²) in [6.07, 6.45) is 2.65. The Morgan fingerprint density at radius 3 is 2.88 bits per heavy atom. The molecule has 0 saturated carbocycles. The molecule has 1 fully saturated rings. The molecule has 1 N–H and O–H groups in total. The zero-order chi connectivity index (χ0) is 12.4. The van der Waals surface area contributed by atoms with Gasteiger partial charge < -0.3 is 5.32 Å². The van der Waals surface area contributed by atoms with Crippen molar-refractivity contribution in [3.63, 3.8) is 0 Å². The smallest absolute Gasteiger partial charge is 0.130 e. The highest BCUT2D eigenvalue weighted by molar-refractivity contribution is 6.30. The van der Waals surface area contributed by atoms with Crippen molar-refractivity contribution in [3.05, 3.63) is 16.4 Å². The summed E-state index contributed by atoms with van der Waals surface area (Å²) in [5.74, 6) is 0. The minimum absolute atomic E-state index is 0.0283. The van der Waals surface area contributed by atoms with Crippen LogP contribution >= 0.6 is 11.6 Å².